The van der Waals surface area contributed by atoms with Crippen LogP contribution in [0.5, 0.6) is 11.5 Å². The summed E-state index contributed by atoms with van der Waals surface area (Å²) in [7, 11) is 0. The van der Waals surface area contributed by atoms with Crippen LogP contribution >= 0.6 is 23.4 Å². The Morgan fingerprint density at radius 2 is 1.81 bits per heavy atom. The SMILES string of the molecule is O=C1S/C(=C/c2cccc(Oc3ccc(C(F)(F)F)cc3[N+](=O)[O-])c2)C(=O)N1Cc1c(F)cccc1Cl. The molecule has 0 spiro atoms. The molecule has 4 rings (SSSR count). The number of imide groups is 1. The van der Waals surface area contributed by atoms with E-state index in [9.17, 15) is 37.3 Å². The molecule has 2 amide bonds. The number of alkyl halides is 3. The minimum Gasteiger partial charge on any atom is -0.450 e. The van der Waals surface area contributed by atoms with Crippen LogP contribution in [-0.4, -0.2) is 21.0 Å². The number of halogens is 5. The zero-order valence-electron chi connectivity index (χ0n) is 18.3. The van der Waals surface area contributed by atoms with Crippen LogP contribution in [0.25, 0.3) is 6.08 Å². The molecule has 0 saturated carbocycles. The first-order valence-corrected chi connectivity index (χ1v) is 11.5. The lowest BCUT2D eigenvalue weighted by Gasteiger charge is -2.14. The Morgan fingerprint density at radius 1 is 1.08 bits per heavy atom. The number of thioether (sulfide) groups is 1. The molecule has 3 aromatic rings. The number of carbonyl (C=O) groups is 2. The molecule has 1 fully saturated rings. The maximum Gasteiger partial charge on any atom is 0.416 e. The van der Waals surface area contributed by atoms with Gasteiger partial charge in [-0.25, -0.2) is 4.39 Å². The maximum atomic E-state index is 14.1. The summed E-state index contributed by atoms with van der Waals surface area (Å²) >= 11 is 6.62. The summed E-state index contributed by atoms with van der Waals surface area (Å²) in [5.41, 5.74) is -1.73. The fourth-order valence-electron chi connectivity index (χ4n) is 3.35. The van der Waals surface area contributed by atoms with Crippen molar-refractivity contribution in [2.24, 2.45) is 0 Å². The van der Waals surface area contributed by atoms with E-state index in [2.05, 4.69) is 0 Å². The summed E-state index contributed by atoms with van der Waals surface area (Å²) in [6.45, 7) is -0.367. The number of rotatable bonds is 6. The first kappa shape index (κ1) is 26.2. The molecule has 0 atom stereocenters. The molecule has 1 saturated heterocycles. The zero-order valence-corrected chi connectivity index (χ0v) is 19.9. The van der Waals surface area contributed by atoms with Gasteiger partial charge in [0, 0.05) is 16.7 Å². The second kappa shape index (κ2) is 10.2. The molecule has 1 heterocycles. The lowest BCUT2D eigenvalue weighted by molar-refractivity contribution is -0.385. The molecule has 190 valence electrons. The van der Waals surface area contributed by atoms with Crippen LogP contribution in [0.2, 0.25) is 5.02 Å². The van der Waals surface area contributed by atoms with Crippen molar-refractivity contribution in [3.05, 3.63) is 103 Å². The van der Waals surface area contributed by atoms with Crippen molar-refractivity contribution in [3.8, 4) is 11.5 Å². The molecule has 0 N–H and O–H groups in total. The van der Waals surface area contributed by atoms with Gasteiger partial charge in [-0.2, -0.15) is 13.2 Å². The van der Waals surface area contributed by atoms with Gasteiger partial charge in [0.2, 0.25) is 5.75 Å². The average molecular weight is 553 g/mol. The number of hydrogen-bond acceptors (Lipinski definition) is 6. The Morgan fingerprint density at radius 3 is 2.49 bits per heavy atom. The summed E-state index contributed by atoms with van der Waals surface area (Å²) in [5, 5.41) is 10.7. The van der Waals surface area contributed by atoms with Crippen molar-refractivity contribution in [1.82, 2.24) is 4.90 Å². The van der Waals surface area contributed by atoms with Gasteiger partial charge in [0.05, 0.1) is 21.9 Å². The van der Waals surface area contributed by atoms with Gasteiger partial charge in [-0.05, 0) is 59.8 Å². The van der Waals surface area contributed by atoms with Gasteiger partial charge in [0.1, 0.15) is 11.6 Å². The molecule has 1 aliphatic heterocycles. The van der Waals surface area contributed by atoms with E-state index < -0.39 is 45.1 Å². The number of carbonyl (C=O) groups excluding carboxylic acids is 2. The highest BCUT2D eigenvalue weighted by Crippen LogP contribution is 2.39. The lowest BCUT2D eigenvalue weighted by atomic mass is 10.1. The Kier molecular flexibility index (Phi) is 7.23. The molecule has 7 nitrogen and oxygen atoms in total. The molecule has 0 radical (unpaired) electrons. The van der Waals surface area contributed by atoms with Gasteiger partial charge in [-0.3, -0.25) is 24.6 Å². The average Bonchev–Trinajstić information content (AvgIpc) is 3.08. The van der Waals surface area contributed by atoms with Gasteiger partial charge in [-0.1, -0.05) is 29.8 Å². The van der Waals surface area contributed by atoms with Crippen molar-refractivity contribution in [1.29, 1.82) is 0 Å². The van der Waals surface area contributed by atoms with Crippen molar-refractivity contribution >= 4 is 46.3 Å². The highest BCUT2D eigenvalue weighted by Gasteiger charge is 2.36. The van der Waals surface area contributed by atoms with E-state index in [1.54, 1.807) is 6.07 Å². The van der Waals surface area contributed by atoms with Crippen molar-refractivity contribution in [3.63, 3.8) is 0 Å². The van der Waals surface area contributed by atoms with Crippen LogP contribution in [0.1, 0.15) is 16.7 Å². The minimum atomic E-state index is -4.77. The summed E-state index contributed by atoms with van der Waals surface area (Å²) in [5.74, 6) is -1.73. The normalized spacial score (nSPS) is 14.9. The number of hydrogen-bond donors (Lipinski definition) is 0. The van der Waals surface area contributed by atoms with Crippen LogP contribution < -0.4 is 4.74 Å². The fourth-order valence-corrected chi connectivity index (χ4v) is 4.41. The number of amides is 2. The Hall–Kier alpha value is -3.90. The summed E-state index contributed by atoms with van der Waals surface area (Å²) in [6, 6.07) is 11.7. The second-order valence-corrected chi connectivity index (χ2v) is 8.98. The number of ether oxygens (including phenoxy) is 1. The van der Waals surface area contributed by atoms with Gasteiger partial charge in [-0.15, -0.1) is 0 Å². The lowest BCUT2D eigenvalue weighted by Crippen LogP contribution is -2.28. The molecule has 0 aromatic heterocycles. The van der Waals surface area contributed by atoms with Crippen molar-refractivity contribution < 1.29 is 36.8 Å². The zero-order chi connectivity index (χ0) is 26.9. The molecular weight excluding hydrogens is 540 g/mol. The molecule has 37 heavy (non-hydrogen) atoms. The maximum absolute atomic E-state index is 14.1. The molecular formula is C24H13ClF4N2O5S. The monoisotopic (exact) mass is 552 g/mol. The van der Waals surface area contributed by atoms with E-state index in [0.29, 0.717) is 29.5 Å². The van der Waals surface area contributed by atoms with Gasteiger partial charge >= 0.3 is 11.9 Å². The van der Waals surface area contributed by atoms with E-state index in [4.69, 9.17) is 16.3 Å². The molecule has 0 unspecified atom stereocenters. The Bertz CT molecular complexity index is 1440. The molecule has 1 aliphatic rings. The van der Waals surface area contributed by atoms with E-state index in [1.165, 1.54) is 36.4 Å². The second-order valence-electron chi connectivity index (χ2n) is 7.58. The predicted molar refractivity (Wildman–Crippen MR) is 128 cm³/mol. The third-order valence-electron chi connectivity index (χ3n) is 5.12. The predicted octanol–water partition coefficient (Wildman–Crippen LogP) is 7.43. The molecule has 3 aromatic carbocycles. The molecule has 13 heteroatoms. The van der Waals surface area contributed by atoms with E-state index >= 15 is 0 Å². The number of nitro groups is 1. The largest absolute Gasteiger partial charge is 0.450 e. The van der Waals surface area contributed by atoms with E-state index in [0.717, 1.165) is 17.0 Å². The first-order chi connectivity index (χ1) is 17.4. The third kappa shape index (κ3) is 5.75. The Labute approximate surface area is 215 Å². The summed E-state index contributed by atoms with van der Waals surface area (Å²) in [4.78, 5) is 36.4. The van der Waals surface area contributed by atoms with Gasteiger partial charge in [0.25, 0.3) is 11.1 Å². The van der Waals surface area contributed by atoms with Crippen LogP contribution in [0.3, 0.4) is 0 Å². The summed E-state index contributed by atoms with van der Waals surface area (Å²) in [6.07, 6.45) is -3.41. The topological polar surface area (TPSA) is 89.7 Å². The number of nitro benzene ring substituents is 1. The van der Waals surface area contributed by atoms with Crippen molar-refractivity contribution in [2.45, 2.75) is 12.7 Å². The van der Waals surface area contributed by atoms with Crippen LogP contribution in [0.4, 0.5) is 28.0 Å². The Balaban J connectivity index is 1.57. The smallest absolute Gasteiger partial charge is 0.416 e. The highest BCUT2D eigenvalue weighted by atomic mass is 35.5. The van der Waals surface area contributed by atoms with E-state index in [1.807, 2.05) is 0 Å². The minimum absolute atomic E-state index is 0.0127. The number of benzene rings is 3. The standard InChI is InChI=1S/C24H13ClF4N2O5S/c25-17-5-2-6-18(26)16(17)12-30-22(32)21(37-23(30)33)10-13-3-1-4-15(9-13)36-20-8-7-14(24(27,28)29)11-19(20)31(34)35/h1-11H,12H2/b21-10+. The molecule has 0 bridgehead atoms. The highest BCUT2D eigenvalue weighted by molar-refractivity contribution is 8.18. The van der Waals surface area contributed by atoms with Crippen LogP contribution in [0.15, 0.2) is 65.6 Å². The van der Waals surface area contributed by atoms with Gasteiger partial charge < -0.3 is 4.74 Å². The quantitative estimate of drug-likeness (QED) is 0.137. The third-order valence-corrected chi connectivity index (χ3v) is 6.38. The van der Waals surface area contributed by atoms with Gasteiger partial charge in [0.15, 0.2) is 0 Å². The van der Waals surface area contributed by atoms with Crippen LogP contribution in [0, 0.1) is 15.9 Å². The fraction of sp³-hybridized carbons (Fsp3) is 0.0833. The van der Waals surface area contributed by atoms with E-state index in [-0.39, 0.29) is 27.8 Å². The summed E-state index contributed by atoms with van der Waals surface area (Å²) < 4.78 is 58.4. The number of nitrogens with zero attached hydrogens (tertiary/aromatic N) is 2. The first-order valence-electron chi connectivity index (χ1n) is 10.3. The molecule has 0 aliphatic carbocycles. The van der Waals surface area contributed by atoms with Crippen LogP contribution in [-0.2, 0) is 17.5 Å². The van der Waals surface area contributed by atoms with Crippen molar-refractivity contribution in [2.75, 3.05) is 0 Å².